The van der Waals surface area contributed by atoms with E-state index in [1.165, 1.54) is 0 Å². The molecule has 1 amide bonds. The molecule has 0 radical (unpaired) electrons. The minimum absolute atomic E-state index is 0.111. The number of carbonyl (C=O) groups excluding carboxylic acids is 1. The van der Waals surface area contributed by atoms with Crippen LogP contribution in [0.25, 0.3) is 0 Å². The lowest BCUT2D eigenvalue weighted by molar-refractivity contribution is -0.125. The molecule has 92 valence electrons. The first-order chi connectivity index (χ1) is 7.59. The summed E-state index contributed by atoms with van der Waals surface area (Å²) in [4.78, 5) is 11.8. The summed E-state index contributed by atoms with van der Waals surface area (Å²) >= 11 is 0. The molecule has 0 heterocycles. The Hall–Kier alpha value is -0.830. The van der Waals surface area contributed by atoms with Crippen LogP contribution >= 0.6 is 0 Å². The van der Waals surface area contributed by atoms with Crippen molar-refractivity contribution >= 4 is 5.91 Å². The van der Waals surface area contributed by atoms with Crippen molar-refractivity contribution in [3.63, 3.8) is 0 Å². The third kappa shape index (κ3) is 4.79. The smallest absolute Gasteiger partial charge is 0.223 e. The molecular formula is C13H24N2O. The van der Waals surface area contributed by atoms with Crippen LogP contribution in [-0.2, 0) is 4.79 Å². The fraction of sp³-hybridized carbons (Fsp3) is 0.769. The molecule has 0 aromatic rings. The summed E-state index contributed by atoms with van der Waals surface area (Å²) in [7, 11) is 0. The fourth-order valence-corrected chi connectivity index (χ4v) is 1.96. The maximum absolute atomic E-state index is 11.8. The zero-order valence-electron chi connectivity index (χ0n) is 10.4. The van der Waals surface area contributed by atoms with E-state index in [-0.39, 0.29) is 17.9 Å². The second kappa shape index (κ2) is 6.69. The first kappa shape index (κ1) is 13.2. The van der Waals surface area contributed by atoms with E-state index in [9.17, 15) is 4.79 Å². The lowest BCUT2D eigenvalue weighted by Crippen LogP contribution is -2.36. The normalized spacial score (nSPS) is 19.7. The van der Waals surface area contributed by atoms with Crippen molar-refractivity contribution in [1.29, 1.82) is 0 Å². The summed E-state index contributed by atoms with van der Waals surface area (Å²) in [5, 5.41) is 3.08. The minimum Gasteiger partial charge on any atom is -0.353 e. The van der Waals surface area contributed by atoms with Crippen LogP contribution in [0.1, 0.15) is 46.0 Å². The molecule has 16 heavy (non-hydrogen) atoms. The number of nitrogens with two attached hydrogens (primary N) is 1. The summed E-state index contributed by atoms with van der Waals surface area (Å²) in [6, 6.07) is 0.581. The van der Waals surface area contributed by atoms with Gasteiger partial charge in [-0.1, -0.05) is 25.5 Å². The van der Waals surface area contributed by atoms with Gasteiger partial charge >= 0.3 is 0 Å². The quantitative estimate of drug-likeness (QED) is 0.678. The maximum atomic E-state index is 11.8. The van der Waals surface area contributed by atoms with Crippen LogP contribution in [0.4, 0.5) is 0 Å². The van der Waals surface area contributed by atoms with Crippen LogP contribution in [0, 0.1) is 5.92 Å². The summed E-state index contributed by atoms with van der Waals surface area (Å²) in [6.45, 7) is 4.01. The molecule has 3 N–H and O–H groups in total. The first-order valence-corrected chi connectivity index (χ1v) is 6.30. The molecule has 0 saturated heterocycles. The highest BCUT2D eigenvalue weighted by molar-refractivity contribution is 5.78. The van der Waals surface area contributed by atoms with Crippen LogP contribution in [0.15, 0.2) is 12.2 Å². The lowest BCUT2D eigenvalue weighted by atomic mass is 10.0. The Labute approximate surface area is 98.5 Å². The van der Waals surface area contributed by atoms with E-state index in [2.05, 4.69) is 17.5 Å². The van der Waals surface area contributed by atoms with Crippen LogP contribution < -0.4 is 11.1 Å². The third-order valence-electron chi connectivity index (χ3n) is 3.10. The standard InChI is InChI=1S/C13H24N2O/c1-10(6-5-7-11(2)14)13(16)15-12-8-3-4-9-12/h3-4,10-12H,5-9,14H2,1-2H3,(H,15,16). The molecule has 2 atom stereocenters. The number of amides is 1. The molecule has 0 aromatic heterocycles. The predicted octanol–water partition coefficient (Wildman–Crippen LogP) is 1.97. The SMILES string of the molecule is CC(N)CCCC(C)C(=O)NC1CC=CC1. The zero-order chi connectivity index (χ0) is 12.0. The first-order valence-electron chi connectivity index (χ1n) is 6.30. The van der Waals surface area contributed by atoms with Crippen molar-refractivity contribution < 1.29 is 4.79 Å². The van der Waals surface area contributed by atoms with Crippen LogP contribution in [0.2, 0.25) is 0 Å². The number of carbonyl (C=O) groups is 1. The maximum Gasteiger partial charge on any atom is 0.223 e. The Bertz CT molecular complexity index is 240. The van der Waals surface area contributed by atoms with E-state index in [4.69, 9.17) is 5.73 Å². The number of nitrogens with one attached hydrogen (secondary N) is 1. The fourth-order valence-electron chi connectivity index (χ4n) is 1.96. The summed E-state index contributed by atoms with van der Waals surface area (Å²) < 4.78 is 0. The van der Waals surface area contributed by atoms with Gasteiger partial charge in [0.2, 0.25) is 5.91 Å². The van der Waals surface area contributed by atoms with Crippen molar-refractivity contribution in [2.45, 2.75) is 58.0 Å². The summed E-state index contributed by atoms with van der Waals surface area (Å²) in [6.07, 6.45) is 9.21. The molecule has 3 heteroatoms. The molecule has 1 aliphatic rings. The third-order valence-corrected chi connectivity index (χ3v) is 3.10. The van der Waals surface area contributed by atoms with E-state index in [0.29, 0.717) is 6.04 Å². The largest absolute Gasteiger partial charge is 0.353 e. The highest BCUT2D eigenvalue weighted by atomic mass is 16.1. The van der Waals surface area contributed by atoms with E-state index in [1.54, 1.807) is 0 Å². The van der Waals surface area contributed by atoms with Gasteiger partial charge in [0.15, 0.2) is 0 Å². The van der Waals surface area contributed by atoms with Crippen molar-refractivity contribution in [2.24, 2.45) is 11.7 Å². The van der Waals surface area contributed by atoms with Gasteiger partial charge in [-0.25, -0.2) is 0 Å². The van der Waals surface area contributed by atoms with Crippen molar-refractivity contribution in [3.05, 3.63) is 12.2 Å². The summed E-state index contributed by atoms with van der Waals surface area (Å²) in [5.41, 5.74) is 5.68. The number of rotatable bonds is 6. The van der Waals surface area contributed by atoms with E-state index >= 15 is 0 Å². The van der Waals surface area contributed by atoms with E-state index in [0.717, 1.165) is 32.1 Å². The lowest BCUT2D eigenvalue weighted by Gasteiger charge is -2.16. The molecule has 2 unspecified atom stereocenters. The highest BCUT2D eigenvalue weighted by Crippen LogP contribution is 2.13. The van der Waals surface area contributed by atoms with Gasteiger partial charge in [-0.05, 0) is 32.6 Å². The molecule has 0 aromatic carbocycles. The number of hydrogen-bond acceptors (Lipinski definition) is 2. The van der Waals surface area contributed by atoms with E-state index in [1.807, 2.05) is 13.8 Å². The highest BCUT2D eigenvalue weighted by Gasteiger charge is 2.17. The van der Waals surface area contributed by atoms with Gasteiger partial charge in [-0.15, -0.1) is 0 Å². The average molecular weight is 224 g/mol. The van der Waals surface area contributed by atoms with Crippen molar-refractivity contribution in [3.8, 4) is 0 Å². The van der Waals surface area contributed by atoms with Gasteiger partial charge in [-0.2, -0.15) is 0 Å². The molecule has 0 aliphatic heterocycles. The predicted molar refractivity (Wildman–Crippen MR) is 67.0 cm³/mol. The van der Waals surface area contributed by atoms with E-state index < -0.39 is 0 Å². The topological polar surface area (TPSA) is 55.1 Å². The molecule has 1 rings (SSSR count). The average Bonchev–Trinajstić information content (AvgIpc) is 2.69. The Morgan fingerprint density at radius 2 is 2.00 bits per heavy atom. The Morgan fingerprint density at radius 3 is 2.56 bits per heavy atom. The monoisotopic (exact) mass is 224 g/mol. The second-order valence-corrected chi connectivity index (χ2v) is 4.96. The molecule has 3 nitrogen and oxygen atoms in total. The molecule has 0 saturated carbocycles. The van der Waals surface area contributed by atoms with Crippen LogP contribution in [0.5, 0.6) is 0 Å². The minimum atomic E-state index is 0.111. The van der Waals surface area contributed by atoms with Gasteiger partial charge in [0, 0.05) is 18.0 Å². The van der Waals surface area contributed by atoms with Crippen molar-refractivity contribution in [1.82, 2.24) is 5.32 Å². The van der Waals surface area contributed by atoms with Gasteiger partial charge in [0.1, 0.15) is 0 Å². The van der Waals surface area contributed by atoms with Gasteiger partial charge in [-0.3, -0.25) is 4.79 Å². The van der Waals surface area contributed by atoms with Gasteiger partial charge in [0.25, 0.3) is 0 Å². The summed E-state index contributed by atoms with van der Waals surface area (Å²) in [5.74, 6) is 0.303. The second-order valence-electron chi connectivity index (χ2n) is 4.96. The Balaban J connectivity index is 2.14. The van der Waals surface area contributed by atoms with Crippen molar-refractivity contribution in [2.75, 3.05) is 0 Å². The molecule has 1 aliphatic carbocycles. The molecular weight excluding hydrogens is 200 g/mol. The Morgan fingerprint density at radius 1 is 1.38 bits per heavy atom. The molecule has 0 bridgehead atoms. The Kier molecular flexibility index (Phi) is 5.53. The van der Waals surface area contributed by atoms with Crippen LogP contribution in [-0.4, -0.2) is 18.0 Å². The van der Waals surface area contributed by atoms with Gasteiger partial charge in [0.05, 0.1) is 0 Å². The molecule has 0 spiro atoms. The number of hydrogen-bond donors (Lipinski definition) is 2. The molecule has 0 fully saturated rings. The van der Waals surface area contributed by atoms with Gasteiger partial charge < -0.3 is 11.1 Å². The zero-order valence-corrected chi connectivity index (χ0v) is 10.4. The van der Waals surface area contributed by atoms with Crippen LogP contribution in [0.3, 0.4) is 0 Å².